The standard InChI is InChI=1S/C16H22N4O2/c17-20-19-16(8-4-5-9-16)12-15(21)18-10-11-22-13-14-6-2-1-3-7-14/h1-3,6-7H,4-5,8-13H2,(H,18,21). The quantitative estimate of drug-likeness (QED) is 0.345. The molecule has 1 aromatic carbocycles. The first-order valence-electron chi connectivity index (χ1n) is 7.69. The molecule has 0 atom stereocenters. The van der Waals surface area contributed by atoms with Gasteiger partial charge in [0.25, 0.3) is 0 Å². The van der Waals surface area contributed by atoms with Crippen LogP contribution in [0, 0.1) is 0 Å². The minimum Gasteiger partial charge on any atom is -0.375 e. The molecule has 0 heterocycles. The van der Waals surface area contributed by atoms with Gasteiger partial charge in [0, 0.05) is 17.9 Å². The number of hydrogen-bond donors (Lipinski definition) is 1. The van der Waals surface area contributed by atoms with E-state index in [9.17, 15) is 4.79 Å². The number of hydrogen-bond acceptors (Lipinski definition) is 3. The normalized spacial score (nSPS) is 16.0. The fourth-order valence-electron chi connectivity index (χ4n) is 2.83. The van der Waals surface area contributed by atoms with Crippen LogP contribution in [-0.2, 0) is 16.1 Å². The predicted octanol–water partition coefficient (Wildman–Crippen LogP) is 3.33. The molecule has 0 aromatic heterocycles. The highest BCUT2D eigenvalue weighted by atomic mass is 16.5. The first-order valence-corrected chi connectivity index (χ1v) is 7.69. The monoisotopic (exact) mass is 302 g/mol. The molecule has 118 valence electrons. The van der Waals surface area contributed by atoms with Crippen LogP contribution in [0.4, 0.5) is 0 Å². The van der Waals surface area contributed by atoms with Gasteiger partial charge < -0.3 is 10.1 Å². The lowest BCUT2D eigenvalue weighted by atomic mass is 9.94. The van der Waals surface area contributed by atoms with Gasteiger partial charge in [0.2, 0.25) is 5.91 Å². The van der Waals surface area contributed by atoms with Crippen LogP contribution < -0.4 is 5.32 Å². The lowest BCUT2D eigenvalue weighted by Crippen LogP contribution is -2.34. The van der Waals surface area contributed by atoms with Crippen molar-refractivity contribution in [3.05, 3.63) is 46.3 Å². The third-order valence-corrected chi connectivity index (χ3v) is 3.96. The highest BCUT2D eigenvalue weighted by molar-refractivity contribution is 5.77. The van der Waals surface area contributed by atoms with Crippen LogP contribution in [0.2, 0.25) is 0 Å². The average molecular weight is 302 g/mol. The molecule has 6 heteroatoms. The Bertz CT molecular complexity index is 520. The van der Waals surface area contributed by atoms with E-state index in [4.69, 9.17) is 10.3 Å². The largest absolute Gasteiger partial charge is 0.375 e. The minimum atomic E-state index is -0.510. The van der Waals surface area contributed by atoms with E-state index in [2.05, 4.69) is 15.3 Å². The molecule has 0 saturated heterocycles. The lowest BCUT2D eigenvalue weighted by molar-refractivity contribution is -0.122. The number of carbonyl (C=O) groups excluding carboxylic acids is 1. The number of nitrogens with one attached hydrogen (secondary N) is 1. The summed E-state index contributed by atoms with van der Waals surface area (Å²) in [4.78, 5) is 14.9. The summed E-state index contributed by atoms with van der Waals surface area (Å²) in [6.07, 6.45) is 3.92. The maximum absolute atomic E-state index is 12.0. The van der Waals surface area contributed by atoms with Crippen molar-refractivity contribution in [2.24, 2.45) is 5.11 Å². The molecule has 0 aliphatic heterocycles. The summed E-state index contributed by atoms with van der Waals surface area (Å²) in [5.41, 5.74) is 9.27. The van der Waals surface area contributed by atoms with Crippen LogP contribution >= 0.6 is 0 Å². The van der Waals surface area contributed by atoms with Gasteiger partial charge in [0.1, 0.15) is 0 Å². The third-order valence-electron chi connectivity index (χ3n) is 3.96. The van der Waals surface area contributed by atoms with Gasteiger partial charge in [-0.2, -0.15) is 0 Å². The van der Waals surface area contributed by atoms with Crippen molar-refractivity contribution >= 4 is 5.91 Å². The number of carbonyl (C=O) groups is 1. The van der Waals surface area contributed by atoms with E-state index in [1.54, 1.807) is 0 Å². The second-order valence-corrected chi connectivity index (χ2v) is 5.69. The smallest absolute Gasteiger partial charge is 0.220 e. The van der Waals surface area contributed by atoms with Crippen LogP contribution in [0.3, 0.4) is 0 Å². The first kappa shape index (κ1) is 16.3. The van der Waals surface area contributed by atoms with Crippen LogP contribution in [0.1, 0.15) is 37.7 Å². The molecule has 22 heavy (non-hydrogen) atoms. The third kappa shape index (κ3) is 5.06. The van der Waals surface area contributed by atoms with Crippen molar-refractivity contribution in [2.45, 2.75) is 44.2 Å². The molecule has 1 aromatic rings. The molecule has 0 unspecified atom stereocenters. The van der Waals surface area contributed by atoms with Crippen LogP contribution in [0.25, 0.3) is 10.4 Å². The van der Waals surface area contributed by atoms with Crippen molar-refractivity contribution in [1.29, 1.82) is 0 Å². The highest BCUT2D eigenvalue weighted by Gasteiger charge is 2.34. The molecular formula is C16H22N4O2. The molecule has 0 bridgehead atoms. The average Bonchev–Trinajstić information content (AvgIpc) is 2.96. The van der Waals surface area contributed by atoms with Gasteiger partial charge in [-0.25, -0.2) is 0 Å². The summed E-state index contributed by atoms with van der Waals surface area (Å²) < 4.78 is 5.52. The molecule has 2 rings (SSSR count). The summed E-state index contributed by atoms with van der Waals surface area (Å²) in [6.45, 7) is 1.48. The highest BCUT2D eigenvalue weighted by Crippen LogP contribution is 2.36. The van der Waals surface area contributed by atoms with Crippen LogP contribution in [-0.4, -0.2) is 24.6 Å². The molecule has 1 aliphatic rings. The second-order valence-electron chi connectivity index (χ2n) is 5.69. The zero-order valence-corrected chi connectivity index (χ0v) is 12.7. The minimum absolute atomic E-state index is 0.0717. The molecule has 1 fully saturated rings. The molecule has 6 nitrogen and oxygen atoms in total. The molecule has 1 aliphatic carbocycles. The molecule has 0 radical (unpaired) electrons. The predicted molar refractivity (Wildman–Crippen MR) is 84.1 cm³/mol. The van der Waals surface area contributed by atoms with Gasteiger partial charge in [0.05, 0.1) is 18.8 Å². The van der Waals surface area contributed by atoms with Crippen molar-refractivity contribution in [3.63, 3.8) is 0 Å². The number of ether oxygens (including phenoxy) is 1. The van der Waals surface area contributed by atoms with E-state index in [-0.39, 0.29) is 12.3 Å². The Morgan fingerprint density at radius 1 is 1.32 bits per heavy atom. The number of amides is 1. The van der Waals surface area contributed by atoms with E-state index in [0.717, 1.165) is 31.2 Å². The van der Waals surface area contributed by atoms with Crippen molar-refractivity contribution < 1.29 is 9.53 Å². The van der Waals surface area contributed by atoms with E-state index in [0.29, 0.717) is 19.8 Å². The van der Waals surface area contributed by atoms with Crippen LogP contribution in [0.15, 0.2) is 35.4 Å². The van der Waals surface area contributed by atoms with E-state index < -0.39 is 5.54 Å². The maximum Gasteiger partial charge on any atom is 0.220 e. The Morgan fingerprint density at radius 3 is 2.73 bits per heavy atom. The van der Waals surface area contributed by atoms with Gasteiger partial charge in [-0.05, 0) is 23.9 Å². The van der Waals surface area contributed by atoms with E-state index in [1.165, 1.54) is 0 Å². The first-order chi connectivity index (χ1) is 10.7. The summed E-state index contributed by atoms with van der Waals surface area (Å²) >= 11 is 0. The Kier molecular flexibility index (Phi) is 6.25. The Balaban J connectivity index is 1.64. The second kappa shape index (κ2) is 8.41. The zero-order valence-electron chi connectivity index (χ0n) is 12.7. The summed E-state index contributed by atoms with van der Waals surface area (Å²) in [6, 6.07) is 9.91. The van der Waals surface area contributed by atoms with Gasteiger partial charge in [0.15, 0.2) is 0 Å². The summed E-state index contributed by atoms with van der Waals surface area (Å²) in [5.74, 6) is -0.0717. The van der Waals surface area contributed by atoms with Crippen LogP contribution in [0.5, 0.6) is 0 Å². The number of nitrogens with zero attached hydrogens (tertiary/aromatic N) is 3. The fourth-order valence-corrected chi connectivity index (χ4v) is 2.83. The van der Waals surface area contributed by atoms with Gasteiger partial charge in [-0.1, -0.05) is 48.3 Å². The molecular weight excluding hydrogens is 280 g/mol. The Morgan fingerprint density at radius 2 is 2.05 bits per heavy atom. The van der Waals surface area contributed by atoms with Crippen molar-refractivity contribution in [1.82, 2.24) is 5.32 Å². The van der Waals surface area contributed by atoms with Gasteiger partial charge in [-0.3, -0.25) is 4.79 Å². The lowest BCUT2D eigenvalue weighted by Gasteiger charge is -2.21. The maximum atomic E-state index is 12.0. The summed E-state index contributed by atoms with van der Waals surface area (Å²) in [5, 5.41) is 6.70. The summed E-state index contributed by atoms with van der Waals surface area (Å²) in [7, 11) is 0. The van der Waals surface area contributed by atoms with Gasteiger partial charge in [-0.15, -0.1) is 0 Å². The van der Waals surface area contributed by atoms with E-state index in [1.807, 2.05) is 30.3 Å². The number of azide groups is 1. The molecule has 1 N–H and O–H groups in total. The SMILES string of the molecule is [N-]=[N+]=NC1(CC(=O)NCCOCc2ccccc2)CCCC1. The van der Waals surface area contributed by atoms with E-state index >= 15 is 0 Å². The Labute approximate surface area is 130 Å². The fraction of sp³-hybridized carbons (Fsp3) is 0.562. The molecule has 1 amide bonds. The van der Waals surface area contributed by atoms with Gasteiger partial charge >= 0.3 is 0 Å². The topological polar surface area (TPSA) is 87.1 Å². The number of rotatable bonds is 8. The van der Waals surface area contributed by atoms with Crippen molar-refractivity contribution in [3.8, 4) is 0 Å². The molecule has 1 saturated carbocycles. The zero-order chi connectivity index (χ0) is 15.7. The Hall–Kier alpha value is -2.04. The molecule has 0 spiro atoms. The van der Waals surface area contributed by atoms with Crippen molar-refractivity contribution in [2.75, 3.05) is 13.2 Å². The number of benzene rings is 1.